The van der Waals surface area contributed by atoms with Crippen LogP contribution in [0.1, 0.15) is 5.56 Å². The van der Waals surface area contributed by atoms with E-state index < -0.39 is 10.0 Å². The number of benzene rings is 4. The summed E-state index contributed by atoms with van der Waals surface area (Å²) in [5.74, 6) is 0.484. The molecule has 4 aromatic carbocycles. The van der Waals surface area contributed by atoms with Crippen molar-refractivity contribution in [3.8, 4) is 22.6 Å². The summed E-state index contributed by atoms with van der Waals surface area (Å²) in [5, 5.41) is 0. The van der Waals surface area contributed by atoms with Crippen molar-refractivity contribution in [2.45, 2.75) is 11.8 Å². The molecule has 6 heteroatoms. The van der Waals surface area contributed by atoms with E-state index in [-0.39, 0.29) is 4.90 Å². The summed E-state index contributed by atoms with van der Waals surface area (Å²) in [6.45, 7) is 1.91. The third-order valence-electron chi connectivity index (χ3n) is 5.21. The molecule has 0 spiro atoms. The Bertz CT molecular complexity index is 1490. The standard InChI is InChI=1S/C26H20N2O3S/c1-18-7-14-23(15-8-18)32(29,30)28-22-13-16-25-24(17-22)27-26(31-25)21-11-9-20(10-12-21)19-5-3-2-4-6-19/h2-17,28H,1H3. The fourth-order valence-corrected chi connectivity index (χ4v) is 4.53. The van der Waals surface area contributed by atoms with Crippen molar-refractivity contribution >= 4 is 26.8 Å². The van der Waals surface area contributed by atoms with Gasteiger partial charge in [0.25, 0.3) is 10.0 Å². The lowest BCUT2D eigenvalue weighted by Gasteiger charge is -2.08. The highest BCUT2D eigenvalue weighted by Crippen LogP contribution is 2.29. The molecule has 0 aliphatic heterocycles. The molecule has 5 aromatic rings. The van der Waals surface area contributed by atoms with Crippen LogP contribution in [0.2, 0.25) is 0 Å². The number of oxazole rings is 1. The van der Waals surface area contributed by atoms with Gasteiger partial charge in [0.05, 0.1) is 10.6 Å². The third kappa shape index (κ3) is 4.00. The van der Waals surface area contributed by atoms with E-state index in [1.54, 1.807) is 42.5 Å². The lowest BCUT2D eigenvalue weighted by molar-refractivity contribution is 0.601. The maximum Gasteiger partial charge on any atom is 0.261 e. The van der Waals surface area contributed by atoms with Gasteiger partial charge in [-0.2, -0.15) is 0 Å². The predicted molar refractivity (Wildman–Crippen MR) is 127 cm³/mol. The number of anilines is 1. The Labute approximate surface area is 186 Å². The minimum absolute atomic E-state index is 0.211. The zero-order valence-electron chi connectivity index (χ0n) is 17.3. The number of fused-ring (bicyclic) bond motifs is 1. The summed E-state index contributed by atoms with van der Waals surface area (Å²) < 4.78 is 33.8. The molecule has 0 saturated carbocycles. The van der Waals surface area contributed by atoms with Crippen LogP contribution in [0.4, 0.5) is 5.69 Å². The molecule has 0 aliphatic rings. The van der Waals surface area contributed by atoms with Crippen LogP contribution < -0.4 is 4.72 Å². The zero-order valence-corrected chi connectivity index (χ0v) is 18.1. The Morgan fingerprint density at radius 2 is 1.41 bits per heavy atom. The van der Waals surface area contributed by atoms with Crippen LogP contribution in [0.5, 0.6) is 0 Å². The maximum atomic E-state index is 12.7. The number of rotatable bonds is 5. The SMILES string of the molecule is Cc1ccc(S(=O)(=O)Nc2ccc3oc(-c4ccc(-c5ccccc5)cc4)nc3c2)cc1. The van der Waals surface area contributed by atoms with E-state index in [0.29, 0.717) is 22.7 Å². The molecule has 0 bridgehead atoms. The van der Waals surface area contributed by atoms with Gasteiger partial charge in [-0.3, -0.25) is 4.72 Å². The summed E-state index contributed by atoms with van der Waals surface area (Å²) in [6, 6.07) is 29.9. The van der Waals surface area contributed by atoms with Crippen molar-refractivity contribution in [2.75, 3.05) is 4.72 Å². The molecule has 1 N–H and O–H groups in total. The average Bonchev–Trinajstić information content (AvgIpc) is 3.23. The minimum atomic E-state index is -3.68. The van der Waals surface area contributed by atoms with Gasteiger partial charge in [0.2, 0.25) is 5.89 Å². The second kappa shape index (κ2) is 7.98. The maximum absolute atomic E-state index is 12.7. The zero-order chi connectivity index (χ0) is 22.1. The lowest BCUT2D eigenvalue weighted by atomic mass is 10.0. The summed E-state index contributed by atoms with van der Waals surface area (Å²) in [7, 11) is -3.68. The Kier molecular flexibility index (Phi) is 4.99. The van der Waals surface area contributed by atoms with Crippen LogP contribution in [-0.4, -0.2) is 13.4 Å². The van der Waals surface area contributed by atoms with Crippen molar-refractivity contribution in [3.63, 3.8) is 0 Å². The molecule has 1 heterocycles. The number of sulfonamides is 1. The van der Waals surface area contributed by atoms with Crippen molar-refractivity contribution in [3.05, 3.63) is 103 Å². The highest BCUT2D eigenvalue weighted by molar-refractivity contribution is 7.92. The average molecular weight is 441 g/mol. The van der Waals surface area contributed by atoms with Gasteiger partial charge in [0.15, 0.2) is 5.58 Å². The molecule has 5 rings (SSSR count). The van der Waals surface area contributed by atoms with Gasteiger partial charge in [0.1, 0.15) is 5.52 Å². The second-order valence-electron chi connectivity index (χ2n) is 7.56. The first-order valence-corrected chi connectivity index (χ1v) is 11.6. The molecule has 0 fully saturated rings. The van der Waals surface area contributed by atoms with E-state index in [1.165, 1.54) is 0 Å². The molecule has 0 saturated heterocycles. The van der Waals surface area contributed by atoms with Crippen molar-refractivity contribution in [1.82, 2.24) is 4.98 Å². The first kappa shape index (κ1) is 20.0. The summed E-state index contributed by atoms with van der Waals surface area (Å²) in [6.07, 6.45) is 0. The molecule has 0 unspecified atom stereocenters. The fraction of sp³-hybridized carbons (Fsp3) is 0.0385. The highest BCUT2D eigenvalue weighted by atomic mass is 32.2. The van der Waals surface area contributed by atoms with Gasteiger partial charge < -0.3 is 4.42 Å². The number of nitrogens with zero attached hydrogens (tertiary/aromatic N) is 1. The van der Waals surface area contributed by atoms with E-state index >= 15 is 0 Å². The van der Waals surface area contributed by atoms with Gasteiger partial charge in [-0.1, -0.05) is 60.2 Å². The topological polar surface area (TPSA) is 72.2 Å². The molecule has 1 aromatic heterocycles. The molecule has 158 valence electrons. The molecule has 32 heavy (non-hydrogen) atoms. The third-order valence-corrected chi connectivity index (χ3v) is 6.61. The number of aromatic nitrogens is 1. The van der Waals surface area contributed by atoms with E-state index in [0.717, 1.165) is 22.3 Å². The van der Waals surface area contributed by atoms with E-state index in [1.807, 2.05) is 49.4 Å². The number of nitrogens with one attached hydrogen (secondary N) is 1. The van der Waals surface area contributed by atoms with E-state index in [9.17, 15) is 8.42 Å². The summed E-state index contributed by atoms with van der Waals surface area (Å²) in [4.78, 5) is 4.77. The minimum Gasteiger partial charge on any atom is -0.436 e. The largest absolute Gasteiger partial charge is 0.436 e. The Morgan fingerprint density at radius 1 is 0.750 bits per heavy atom. The van der Waals surface area contributed by atoms with E-state index in [2.05, 4.69) is 21.8 Å². The van der Waals surface area contributed by atoms with Gasteiger partial charge in [-0.25, -0.2) is 13.4 Å². The predicted octanol–water partition coefficient (Wildman–Crippen LogP) is 6.27. The first-order valence-electron chi connectivity index (χ1n) is 10.1. The van der Waals surface area contributed by atoms with Crippen LogP contribution in [0.25, 0.3) is 33.7 Å². The fourth-order valence-electron chi connectivity index (χ4n) is 3.48. The molecular weight excluding hydrogens is 420 g/mol. The van der Waals surface area contributed by atoms with Crippen LogP contribution in [0.3, 0.4) is 0 Å². The Hall–Kier alpha value is -3.90. The quantitative estimate of drug-likeness (QED) is 0.350. The van der Waals surface area contributed by atoms with Gasteiger partial charge in [0, 0.05) is 5.56 Å². The summed E-state index contributed by atoms with van der Waals surface area (Å²) >= 11 is 0. The van der Waals surface area contributed by atoms with Gasteiger partial charge in [-0.15, -0.1) is 0 Å². The molecule has 0 atom stereocenters. The Balaban J connectivity index is 1.41. The van der Waals surface area contributed by atoms with Crippen molar-refractivity contribution < 1.29 is 12.8 Å². The van der Waals surface area contributed by atoms with Crippen LogP contribution >= 0.6 is 0 Å². The normalized spacial score (nSPS) is 11.5. The van der Waals surface area contributed by atoms with Crippen molar-refractivity contribution in [2.24, 2.45) is 0 Å². The monoisotopic (exact) mass is 440 g/mol. The van der Waals surface area contributed by atoms with Crippen molar-refractivity contribution in [1.29, 1.82) is 0 Å². The molecule has 0 aliphatic carbocycles. The van der Waals surface area contributed by atoms with Crippen LogP contribution in [0.15, 0.2) is 106 Å². The van der Waals surface area contributed by atoms with Gasteiger partial charge in [-0.05, 0) is 60.5 Å². The highest BCUT2D eigenvalue weighted by Gasteiger charge is 2.15. The smallest absolute Gasteiger partial charge is 0.261 e. The second-order valence-corrected chi connectivity index (χ2v) is 9.25. The van der Waals surface area contributed by atoms with Gasteiger partial charge >= 0.3 is 0 Å². The van der Waals surface area contributed by atoms with Crippen LogP contribution in [0, 0.1) is 6.92 Å². The summed E-state index contributed by atoms with van der Waals surface area (Å²) in [5.41, 5.74) is 5.69. The molecular formula is C26H20N2O3S. The first-order chi connectivity index (χ1) is 15.5. The lowest BCUT2D eigenvalue weighted by Crippen LogP contribution is -2.12. The van der Waals surface area contributed by atoms with E-state index in [4.69, 9.17) is 4.42 Å². The number of hydrogen-bond donors (Lipinski definition) is 1. The number of hydrogen-bond acceptors (Lipinski definition) is 4. The molecule has 0 radical (unpaired) electrons. The number of aryl methyl sites for hydroxylation is 1. The molecule has 5 nitrogen and oxygen atoms in total. The van der Waals surface area contributed by atoms with Crippen LogP contribution in [-0.2, 0) is 10.0 Å². The Morgan fingerprint density at radius 3 is 2.12 bits per heavy atom. The molecule has 0 amide bonds.